The third-order valence-electron chi connectivity index (χ3n) is 2.72. The highest BCUT2D eigenvalue weighted by Gasteiger charge is 2.12. The van der Waals surface area contributed by atoms with Crippen LogP contribution in [0.5, 0.6) is 0 Å². The van der Waals surface area contributed by atoms with Crippen LogP contribution in [0.1, 0.15) is 33.7 Å². The molecule has 0 aliphatic carbocycles. The lowest BCUT2D eigenvalue weighted by atomic mass is 10.4. The molecular formula is C13H16N4O3. The number of anilines is 1. The second kappa shape index (κ2) is 5.68. The van der Waals surface area contributed by atoms with E-state index in [0.717, 1.165) is 11.5 Å². The number of carbonyl (C=O) groups is 1. The molecule has 2 aromatic rings. The summed E-state index contributed by atoms with van der Waals surface area (Å²) >= 11 is 0. The number of hydrogen-bond donors (Lipinski definition) is 1. The molecule has 0 fully saturated rings. The van der Waals surface area contributed by atoms with Gasteiger partial charge in [-0.2, -0.15) is 0 Å². The van der Waals surface area contributed by atoms with Crippen LogP contribution in [-0.2, 0) is 11.3 Å². The molecule has 7 nitrogen and oxygen atoms in total. The summed E-state index contributed by atoms with van der Waals surface area (Å²) in [6, 6.07) is 1.73. The van der Waals surface area contributed by atoms with Gasteiger partial charge >= 0.3 is 5.97 Å². The summed E-state index contributed by atoms with van der Waals surface area (Å²) in [6.45, 7) is 5.90. The molecule has 106 valence electrons. The van der Waals surface area contributed by atoms with Gasteiger partial charge in [0.15, 0.2) is 0 Å². The highest BCUT2D eigenvalue weighted by atomic mass is 16.5. The monoisotopic (exact) mass is 276 g/mol. The summed E-state index contributed by atoms with van der Waals surface area (Å²) in [5.41, 5.74) is 1.53. The maximum absolute atomic E-state index is 11.4. The van der Waals surface area contributed by atoms with Crippen molar-refractivity contribution in [2.75, 3.05) is 12.4 Å². The fourth-order valence-electron chi connectivity index (χ4n) is 1.62. The van der Waals surface area contributed by atoms with Crippen LogP contribution in [0, 0.1) is 20.8 Å². The fourth-order valence-corrected chi connectivity index (χ4v) is 1.62. The molecule has 0 aliphatic heterocycles. The Morgan fingerprint density at radius 2 is 2.05 bits per heavy atom. The standard InChI is InChI=1S/C13H16N4O3/c1-7-5-10(17-12(15-7)13(18)19-4)14-6-11-16-8(2)9(3)20-11/h5H,6H2,1-4H3,(H,14,15,17). The van der Waals surface area contributed by atoms with E-state index < -0.39 is 5.97 Å². The van der Waals surface area contributed by atoms with Crippen LogP contribution >= 0.6 is 0 Å². The average molecular weight is 276 g/mol. The predicted octanol–water partition coefficient (Wildman–Crippen LogP) is 1.79. The maximum Gasteiger partial charge on any atom is 0.376 e. The summed E-state index contributed by atoms with van der Waals surface area (Å²) in [6.07, 6.45) is 0. The normalized spacial score (nSPS) is 10.4. The van der Waals surface area contributed by atoms with E-state index in [1.807, 2.05) is 13.8 Å². The van der Waals surface area contributed by atoms with E-state index in [9.17, 15) is 4.79 Å². The van der Waals surface area contributed by atoms with Gasteiger partial charge in [-0.25, -0.2) is 19.7 Å². The summed E-state index contributed by atoms with van der Waals surface area (Å²) in [5.74, 6) is 1.33. The van der Waals surface area contributed by atoms with Gasteiger partial charge in [-0.1, -0.05) is 0 Å². The lowest BCUT2D eigenvalue weighted by Gasteiger charge is -2.06. The van der Waals surface area contributed by atoms with Crippen molar-refractivity contribution in [3.05, 3.63) is 34.9 Å². The zero-order valence-corrected chi connectivity index (χ0v) is 11.9. The first kappa shape index (κ1) is 14.0. The minimum atomic E-state index is -0.570. The Labute approximate surface area is 116 Å². The number of aromatic nitrogens is 3. The molecule has 2 rings (SSSR count). The molecule has 0 saturated carbocycles. The van der Waals surface area contributed by atoms with Gasteiger partial charge in [0.1, 0.15) is 11.6 Å². The topological polar surface area (TPSA) is 90.1 Å². The molecule has 0 amide bonds. The first-order valence-electron chi connectivity index (χ1n) is 6.10. The third kappa shape index (κ3) is 3.11. The van der Waals surface area contributed by atoms with Crippen LogP contribution in [0.3, 0.4) is 0 Å². The molecule has 0 radical (unpaired) electrons. The van der Waals surface area contributed by atoms with Crippen LogP contribution in [0.25, 0.3) is 0 Å². The van der Waals surface area contributed by atoms with Crippen molar-refractivity contribution in [2.24, 2.45) is 0 Å². The fraction of sp³-hybridized carbons (Fsp3) is 0.385. The molecule has 2 heterocycles. The Morgan fingerprint density at radius 3 is 2.65 bits per heavy atom. The van der Waals surface area contributed by atoms with Crippen LogP contribution < -0.4 is 5.32 Å². The van der Waals surface area contributed by atoms with Crippen LogP contribution in [0.4, 0.5) is 5.82 Å². The molecule has 0 aliphatic rings. The lowest BCUT2D eigenvalue weighted by molar-refractivity contribution is 0.0586. The number of esters is 1. The summed E-state index contributed by atoms with van der Waals surface area (Å²) < 4.78 is 10.1. The molecular weight excluding hydrogens is 260 g/mol. The number of nitrogens with zero attached hydrogens (tertiary/aromatic N) is 3. The maximum atomic E-state index is 11.4. The zero-order chi connectivity index (χ0) is 14.7. The van der Waals surface area contributed by atoms with Crippen molar-refractivity contribution in [1.29, 1.82) is 0 Å². The second-order valence-electron chi connectivity index (χ2n) is 4.31. The van der Waals surface area contributed by atoms with E-state index in [2.05, 4.69) is 25.0 Å². The Bertz CT molecular complexity index is 617. The van der Waals surface area contributed by atoms with Crippen molar-refractivity contribution in [2.45, 2.75) is 27.3 Å². The largest absolute Gasteiger partial charge is 0.463 e. The second-order valence-corrected chi connectivity index (χ2v) is 4.31. The minimum Gasteiger partial charge on any atom is -0.463 e. The van der Waals surface area contributed by atoms with Gasteiger partial charge in [0, 0.05) is 11.8 Å². The molecule has 0 atom stereocenters. The summed E-state index contributed by atoms with van der Waals surface area (Å²) in [5, 5.41) is 3.05. The molecule has 0 bridgehead atoms. The molecule has 7 heteroatoms. The lowest BCUT2D eigenvalue weighted by Crippen LogP contribution is -2.11. The number of nitrogens with one attached hydrogen (secondary N) is 1. The first-order valence-corrected chi connectivity index (χ1v) is 6.10. The van der Waals surface area contributed by atoms with E-state index in [1.165, 1.54) is 7.11 Å². The zero-order valence-electron chi connectivity index (χ0n) is 11.9. The molecule has 0 saturated heterocycles. The molecule has 20 heavy (non-hydrogen) atoms. The summed E-state index contributed by atoms with van der Waals surface area (Å²) in [4.78, 5) is 23.8. The van der Waals surface area contributed by atoms with Gasteiger partial charge in [0.05, 0.1) is 19.3 Å². The quantitative estimate of drug-likeness (QED) is 0.851. The van der Waals surface area contributed by atoms with Gasteiger partial charge in [0.2, 0.25) is 11.7 Å². The van der Waals surface area contributed by atoms with Crippen molar-refractivity contribution in [3.63, 3.8) is 0 Å². The van der Waals surface area contributed by atoms with Crippen molar-refractivity contribution in [3.8, 4) is 0 Å². The SMILES string of the molecule is COC(=O)c1nc(C)cc(NCc2nc(C)c(C)o2)n1. The number of carbonyl (C=O) groups excluding carboxylic acids is 1. The van der Waals surface area contributed by atoms with E-state index in [-0.39, 0.29) is 5.82 Å². The molecule has 0 spiro atoms. The van der Waals surface area contributed by atoms with Gasteiger partial charge in [-0.05, 0) is 20.8 Å². The molecule has 1 N–H and O–H groups in total. The smallest absolute Gasteiger partial charge is 0.376 e. The van der Waals surface area contributed by atoms with E-state index in [4.69, 9.17) is 4.42 Å². The molecule has 0 unspecified atom stereocenters. The highest BCUT2D eigenvalue weighted by molar-refractivity contribution is 5.85. The number of methoxy groups -OCH3 is 1. The van der Waals surface area contributed by atoms with Crippen molar-refractivity contribution in [1.82, 2.24) is 15.0 Å². The predicted molar refractivity (Wildman–Crippen MR) is 71.4 cm³/mol. The number of hydrogen-bond acceptors (Lipinski definition) is 7. The van der Waals surface area contributed by atoms with Crippen LogP contribution in [0.15, 0.2) is 10.5 Å². The number of oxazole rings is 1. The highest BCUT2D eigenvalue weighted by Crippen LogP contribution is 2.12. The van der Waals surface area contributed by atoms with Gasteiger partial charge in [-0.15, -0.1) is 0 Å². The molecule has 2 aromatic heterocycles. The van der Waals surface area contributed by atoms with Gasteiger partial charge < -0.3 is 14.5 Å². The van der Waals surface area contributed by atoms with Gasteiger partial charge in [0.25, 0.3) is 0 Å². The van der Waals surface area contributed by atoms with E-state index in [1.54, 1.807) is 13.0 Å². The first-order chi connectivity index (χ1) is 9.49. The minimum absolute atomic E-state index is 0.0229. The third-order valence-corrected chi connectivity index (χ3v) is 2.72. The molecule has 0 aromatic carbocycles. The number of rotatable bonds is 4. The van der Waals surface area contributed by atoms with Crippen molar-refractivity contribution < 1.29 is 13.9 Å². The van der Waals surface area contributed by atoms with Crippen LogP contribution in [0.2, 0.25) is 0 Å². The van der Waals surface area contributed by atoms with E-state index in [0.29, 0.717) is 23.9 Å². The summed E-state index contributed by atoms with van der Waals surface area (Å²) in [7, 11) is 1.29. The van der Waals surface area contributed by atoms with E-state index >= 15 is 0 Å². The Balaban J connectivity index is 2.13. The number of aryl methyl sites for hydroxylation is 3. The van der Waals surface area contributed by atoms with Crippen LogP contribution in [-0.4, -0.2) is 28.0 Å². The van der Waals surface area contributed by atoms with Gasteiger partial charge in [-0.3, -0.25) is 0 Å². The Morgan fingerprint density at radius 1 is 1.30 bits per heavy atom. The Hall–Kier alpha value is -2.44. The Kier molecular flexibility index (Phi) is 3.97. The average Bonchev–Trinajstić information content (AvgIpc) is 2.74. The van der Waals surface area contributed by atoms with Crippen molar-refractivity contribution >= 4 is 11.8 Å². The number of ether oxygens (including phenoxy) is 1.